The molecule has 1 aliphatic carbocycles. The van der Waals surface area contributed by atoms with E-state index in [1.165, 1.54) is 24.8 Å². The summed E-state index contributed by atoms with van der Waals surface area (Å²) in [6.07, 6.45) is 5.19. The highest BCUT2D eigenvalue weighted by molar-refractivity contribution is 5.75. The number of ether oxygens (including phenoxy) is 2. The van der Waals surface area contributed by atoms with Gasteiger partial charge in [0, 0.05) is 25.9 Å². The lowest BCUT2D eigenvalue weighted by atomic mass is 9.77. The molecule has 24 heavy (non-hydrogen) atoms. The summed E-state index contributed by atoms with van der Waals surface area (Å²) in [5, 5.41) is 3.29. The summed E-state index contributed by atoms with van der Waals surface area (Å²) in [5.74, 6) is 0.137. The lowest BCUT2D eigenvalue weighted by molar-refractivity contribution is -0.181. The van der Waals surface area contributed by atoms with E-state index in [1.54, 1.807) is 0 Å². The SMILES string of the molecule is O=C(NC(c1ccccc1)C1CCC1)N1CCC2(CC1)OCCO2. The molecule has 5 nitrogen and oxygen atoms in total. The van der Waals surface area contributed by atoms with Crippen molar-refractivity contribution in [1.29, 1.82) is 0 Å². The minimum absolute atomic E-state index is 0.0450. The first-order chi connectivity index (χ1) is 11.8. The van der Waals surface area contributed by atoms with Crippen molar-refractivity contribution in [3.63, 3.8) is 0 Å². The average molecular weight is 330 g/mol. The maximum atomic E-state index is 12.8. The second kappa shape index (κ2) is 6.73. The molecule has 1 aromatic carbocycles. The fourth-order valence-electron chi connectivity index (χ4n) is 3.97. The van der Waals surface area contributed by atoms with Crippen molar-refractivity contribution < 1.29 is 14.3 Å². The van der Waals surface area contributed by atoms with E-state index in [0.29, 0.717) is 32.2 Å². The van der Waals surface area contributed by atoms with E-state index in [2.05, 4.69) is 17.4 Å². The molecule has 130 valence electrons. The second-order valence-corrected chi connectivity index (χ2v) is 7.12. The van der Waals surface area contributed by atoms with E-state index in [0.717, 1.165) is 12.8 Å². The molecule has 1 N–H and O–H groups in total. The molecular weight excluding hydrogens is 304 g/mol. The minimum Gasteiger partial charge on any atom is -0.347 e. The lowest BCUT2D eigenvalue weighted by Gasteiger charge is -2.40. The van der Waals surface area contributed by atoms with Crippen molar-refractivity contribution in [3.05, 3.63) is 35.9 Å². The van der Waals surface area contributed by atoms with Gasteiger partial charge in [0.2, 0.25) is 0 Å². The number of urea groups is 1. The Morgan fingerprint density at radius 2 is 1.79 bits per heavy atom. The molecule has 1 saturated carbocycles. The van der Waals surface area contributed by atoms with Crippen LogP contribution >= 0.6 is 0 Å². The lowest BCUT2D eigenvalue weighted by Crippen LogP contribution is -2.51. The Balaban J connectivity index is 1.38. The first kappa shape index (κ1) is 15.9. The van der Waals surface area contributed by atoms with Crippen molar-refractivity contribution in [1.82, 2.24) is 10.2 Å². The van der Waals surface area contributed by atoms with Crippen LogP contribution in [0.2, 0.25) is 0 Å². The van der Waals surface area contributed by atoms with Gasteiger partial charge >= 0.3 is 6.03 Å². The largest absolute Gasteiger partial charge is 0.347 e. The summed E-state index contributed by atoms with van der Waals surface area (Å²) in [4.78, 5) is 14.7. The van der Waals surface area contributed by atoms with Gasteiger partial charge in [-0.05, 0) is 24.3 Å². The van der Waals surface area contributed by atoms with Gasteiger partial charge in [-0.25, -0.2) is 4.79 Å². The van der Waals surface area contributed by atoms with Gasteiger partial charge in [0.25, 0.3) is 0 Å². The van der Waals surface area contributed by atoms with Gasteiger partial charge in [0.1, 0.15) is 0 Å². The maximum Gasteiger partial charge on any atom is 0.317 e. The van der Waals surface area contributed by atoms with Crippen LogP contribution in [0.25, 0.3) is 0 Å². The molecule has 1 aromatic rings. The van der Waals surface area contributed by atoms with E-state index in [9.17, 15) is 4.79 Å². The second-order valence-electron chi connectivity index (χ2n) is 7.12. The normalized spacial score (nSPS) is 24.6. The Hall–Kier alpha value is -1.59. The Labute approximate surface area is 143 Å². The number of carbonyl (C=O) groups is 1. The quantitative estimate of drug-likeness (QED) is 0.926. The van der Waals surface area contributed by atoms with Crippen LogP contribution in [0.4, 0.5) is 4.79 Å². The fraction of sp³-hybridized carbons (Fsp3) is 0.632. The van der Waals surface area contributed by atoms with Gasteiger partial charge in [-0.1, -0.05) is 36.8 Å². The molecular formula is C19H26N2O3. The molecule has 2 amide bonds. The van der Waals surface area contributed by atoms with Crippen molar-refractivity contribution in [2.75, 3.05) is 26.3 Å². The predicted molar refractivity (Wildman–Crippen MR) is 90.5 cm³/mol. The number of hydrogen-bond donors (Lipinski definition) is 1. The number of piperidine rings is 1. The molecule has 3 fully saturated rings. The van der Waals surface area contributed by atoms with Crippen LogP contribution in [0.15, 0.2) is 30.3 Å². The summed E-state index contributed by atoms with van der Waals surface area (Å²) >= 11 is 0. The van der Waals surface area contributed by atoms with Crippen molar-refractivity contribution >= 4 is 6.03 Å². The van der Waals surface area contributed by atoms with Gasteiger partial charge < -0.3 is 19.7 Å². The third kappa shape index (κ3) is 3.15. The van der Waals surface area contributed by atoms with E-state index >= 15 is 0 Å². The first-order valence-electron chi connectivity index (χ1n) is 9.14. The van der Waals surface area contributed by atoms with Crippen LogP contribution in [0.1, 0.15) is 43.7 Å². The van der Waals surface area contributed by atoms with Crippen LogP contribution in [0, 0.1) is 5.92 Å². The molecule has 0 aromatic heterocycles. The standard InChI is InChI=1S/C19H26N2O3/c22-18(21-11-9-19(10-12-21)23-13-14-24-19)20-17(16-7-4-8-16)15-5-2-1-3-6-15/h1-3,5-6,16-17H,4,7-14H2,(H,20,22). The van der Waals surface area contributed by atoms with Gasteiger partial charge in [-0.15, -0.1) is 0 Å². The van der Waals surface area contributed by atoms with Crippen LogP contribution < -0.4 is 5.32 Å². The van der Waals surface area contributed by atoms with Gasteiger partial charge in [0.05, 0.1) is 19.3 Å². The zero-order valence-electron chi connectivity index (χ0n) is 14.1. The molecule has 0 radical (unpaired) electrons. The van der Waals surface area contributed by atoms with Gasteiger partial charge in [-0.2, -0.15) is 0 Å². The van der Waals surface area contributed by atoms with Crippen LogP contribution in [-0.4, -0.2) is 43.0 Å². The molecule has 3 aliphatic rings. The Morgan fingerprint density at radius 1 is 1.12 bits per heavy atom. The van der Waals surface area contributed by atoms with E-state index in [4.69, 9.17) is 9.47 Å². The number of benzene rings is 1. The third-order valence-electron chi connectivity index (χ3n) is 5.68. The highest BCUT2D eigenvalue weighted by Crippen LogP contribution is 2.38. The Kier molecular flexibility index (Phi) is 4.46. The van der Waals surface area contributed by atoms with Gasteiger partial charge in [0.15, 0.2) is 5.79 Å². The highest BCUT2D eigenvalue weighted by atomic mass is 16.7. The number of rotatable bonds is 3. The number of nitrogens with zero attached hydrogens (tertiary/aromatic N) is 1. The molecule has 1 atom stereocenters. The Bertz CT molecular complexity index is 557. The first-order valence-corrected chi connectivity index (χ1v) is 9.14. The molecule has 2 saturated heterocycles. The van der Waals surface area contributed by atoms with E-state index in [1.807, 2.05) is 23.1 Å². The van der Waals surface area contributed by atoms with E-state index < -0.39 is 5.79 Å². The zero-order chi connectivity index (χ0) is 16.4. The van der Waals surface area contributed by atoms with Crippen molar-refractivity contribution in [2.24, 2.45) is 5.92 Å². The topological polar surface area (TPSA) is 50.8 Å². The number of amides is 2. The third-order valence-corrected chi connectivity index (χ3v) is 5.68. The fourth-order valence-corrected chi connectivity index (χ4v) is 3.97. The average Bonchev–Trinajstić information content (AvgIpc) is 3.02. The van der Waals surface area contributed by atoms with Crippen LogP contribution in [0.3, 0.4) is 0 Å². The molecule has 5 heteroatoms. The van der Waals surface area contributed by atoms with Crippen LogP contribution in [-0.2, 0) is 9.47 Å². The van der Waals surface area contributed by atoms with Crippen LogP contribution in [0.5, 0.6) is 0 Å². The summed E-state index contributed by atoms with van der Waals surface area (Å²) < 4.78 is 11.5. The number of nitrogens with one attached hydrogen (secondary N) is 1. The Morgan fingerprint density at radius 3 is 2.38 bits per heavy atom. The minimum atomic E-state index is -0.427. The molecule has 1 unspecified atom stereocenters. The number of likely N-dealkylation sites (tertiary alicyclic amines) is 1. The smallest absolute Gasteiger partial charge is 0.317 e. The molecule has 2 heterocycles. The molecule has 1 spiro atoms. The zero-order valence-corrected chi connectivity index (χ0v) is 14.1. The maximum absolute atomic E-state index is 12.8. The van der Waals surface area contributed by atoms with Crippen molar-refractivity contribution in [2.45, 2.75) is 43.9 Å². The number of carbonyl (C=O) groups excluding carboxylic acids is 1. The van der Waals surface area contributed by atoms with Gasteiger partial charge in [-0.3, -0.25) is 0 Å². The highest BCUT2D eigenvalue weighted by Gasteiger charge is 2.41. The molecule has 4 rings (SSSR count). The molecule has 2 aliphatic heterocycles. The molecule has 0 bridgehead atoms. The predicted octanol–water partition coefficient (Wildman–Crippen LogP) is 3.08. The summed E-state index contributed by atoms with van der Waals surface area (Å²) in [6, 6.07) is 10.5. The number of hydrogen-bond acceptors (Lipinski definition) is 3. The summed E-state index contributed by atoms with van der Waals surface area (Å²) in [6.45, 7) is 2.73. The summed E-state index contributed by atoms with van der Waals surface area (Å²) in [7, 11) is 0. The summed E-state index contributed by atoms with van der Waals surface area (Å²) in [5.41, 5.74) is 1.21. The monoisotopic (exact) mass is 330 g/mol. The van der Waals surface area contributed by atoms with Crippen molar-refractivity contribution in [3.8, 4) is 0 Å². The van der Waals surface area contributed by atoms with E-state index in [-0.39, 0.29) is 12.1 Å².